The van der Waals surface area contributed by atoms with Crippen LogP contribution in [0.3, 0.4) is 0 Å². The standard InChI is InChI=1S/C16H16F3N/c1-15(2,3)13-6-4-11(5-7-13)12-8-14(10-20-9-12)16(17,18)19/h4-10H,1-3H3. The summed E-state index contributed by atoms with van der Waals surface area (Å²) in [6, 6.07) is 8.67. The molecule has 0 unspecified atom stereocenters. The monoisotopic (exact) mass is 279 g/mol. The molecule has 0 bridgehead atoms. The highest BCUT2D eigenvalue weighted by Gasteiger charge is 2.31. The molecule has 0 saturated heterocycles. The van der Waals surface area contributed by atoms with Gasteiger partial charge in [0.25, 0.3) is 0 Å². The van der Waals surface area contributed by atoms with Gasteiger partial charge in [-0.05, 0) is 22.6 Å². The number of hydrogen-bond acceptors (Lipinski definition) is 1. The van der Waals surface area contributed by atoms with Crippen molar-refractivity contribution in [3.63, 3.8) is 0 Å². The summed E-state index contributed by atoms with van der Waals surface area (Å²) in [4.78, 5) is 3.68. The first kappa shape index (κ1) is 14.6. The topological polar surface area (TPSA) is 12.9 Å². The van der Waals surface area contributed by atoms with E-state index < -0.39 is 11.7 Å². The zero-order valence-corrected chi connectivity index (χ0v) is 11.6. The van der Waals surface area contributed by atoms with E-state index in [2.05, 4.69) is 25.8 Å². The predicted octanol–water partition coefficient (Wildman–Crippen LogP) is 5.06. The van der Waals surface area contributed by atoms with Crippen LogP contribution in [0.15, 0.2) is 42.7 Å². The first-order valence-corrected chi connectivity index (χ1v) is 6.31. The molecule has 1 heterocycles. The molecule has 0 N–H and O–H groups in total. The summed E-state index contributed by atoms with van der Waals surface area (Å²) in [6.45, 7) is 6.27. The van der Waals surface area contributed by atoms with Gasteiger partial charge in [0, 0.05) is 18.0 Å². The molecule has 0 fully saturated rings. The minimum Gasteiger partial charge on any atom is -0.263 e. The molecule has 0 atom stereocenters. The molecule has 0 saturated carbocycles. The Morgan fingerprint density at radius 2 is 1.40 bits per heavy atom. The average molecular weight is 279 g/mol. The number of alkyl halides is 3. The molecule has 2 rings (SSSR count). The number of halogens is 3. The fourth-order valence-electron chi connectivity index (χ4n) is 1.92. The van der Waals surface area contributed by atoms with Crippen molar-refractivity contribution in [3.8, 4) is 11.1 Å². The fourth-order valence-corrected chi connectivity index (χ4v) is 1.92. The summed E-state index contributed by atoms with van der Waals surface area (Å²) in [6.07, 6.45) is -2.08. The van der Waals surface area contributed by atoms with Crippen molar-refractivity contribution in [1.29, 1.82) is 0 Å². The third-order valence-electron chi connectivity index (χ3n) is 3.15. The summed E-state index contributed by atoms with van der Waals surface area (Å²) in [5.41, 5.74) is 1.64. The van der Waals surface area contributed by atoms with Gasteiger partial charge in [0.15, 0.2) is 0 Å². The lowest BCUT2D eigenvalue weighted by atomic mass is 9.86. The SMILES string of the molecule is CC(C)(C)c1ccc(-c2cncc(C(F)(F)F)c2)cc1. The number of nitrogens with zero attached hydrogens (tertiary/aromatic N) is 1. The van der Waals surface area contributed by atoms with Crippen LogP contribution in [0.1, 0.15) is 31.9 Å². The molecule has 1 nitrogen and oxygen atoms in total. The summed E-state index contributed by atoms with van der Waals surface area (Å²) < 4.78 is 38.0. The van der Waals surface area contributed by atoms with Crippen LogP contribution in [-0.2, 0) is 11.6 Å². The summed E-state index contributed by atoms with van der Waals surface area (Å²) >= 11 is 0. The third-order valence-corrected chi connectivity index (χ3v) is 3.15. The Bertz CT molecular complexity index is 592. The van der Waals surface area contributed by atoms with E-state index in [0.717, 1.165) is 23.4 Å². The smallest absolute Gasteiger partial charge is 0.263 e. The molecule has 20 heavy (non-hydrogen) atoms. The first-order chi connectivity index (χ1) is 9.18. The highest BCUT2D eigenvalue weighted by atomic mass is 19.4. The second-order valence-electron chi connectivity index (χ2n) is 5.79. The second kappa shape index (κ2) is 4.93. The highest BCUT2D eigenvalue weighted by molar-refractivity contribution is 5.63. The molecular weight excluding hydrogens is 263 g/mol. The van der Waals surface area contributed by atoms with E-state index in [9.17, 15) is 13.2 Å². The molecule has 0 aliphatic carbocycles. The van der Waals surface area contributed by atoms with Crippen LogP contribution >= 0.6 is 0 Å². The van der Waals surface area contributed by atoms with Crippen LogP contribution < -0.4 is 0 Å². The van der Waals surface area contributed by atoms with Gasteiger partial charge in [0.05, 0.1) is 5.56 Å². The maximum Gasteiger partial charge on any atom is 0.417 e. The maximum absolute atomic E-state index is 12.7. The van der Waals surface area contributed by atoms with E-state index in [-0.39, 0.29) is 5.41 Å². The summed E-state index contributed by atoms with van der Waals surface area (Å²) in [5, 5.41) is 0. The van der Waals surface area contributed by atoms with Gasteiger partial charge < -0.3 is 0 Å². The highest BCUT2D eigenvalue weighted by Crippen LogP contribution is 2.32. The van der Waals surface area contributed by atoms with Crippen LogP contribution in [0.5, 0.6) is 0 Å². The van der Waals surface area contributed by atoms with Gasteiger partial charge in [-0.3, -0.25) is 4.98 Å². The van der Waals surface area contributed by atoms with Crippen LogP contribution in [-0.4, -0.2) is 4.98 Å². The van der Waals surface area contributed by atoms with Crippen molar-refractivity contribution < 1.29 is 13.2 Å². The van der Waals surface area contributed by atoms with Gasteiger partial charge in [0.1, 0.15) is 0 Å². The first-order valence-electron chi connectivity index (χ1n) is 6.31. The molecule has 0 radical (unpaired) electrons. The molecule has 0 spiro atoms. The van der Waals surface area contributed by atoms with Crippen molar-refractivity contribution in [2.24, 2.45) is 0 Å². The molecule has 0 aliphatic rings. The minimum absolute atomic E-state index is 0.0185. The lowest BCUT2D eigenvalue weighted by Gasteiger charge is -2.19. The Balaban J connectivity index is 2.38. The molecule has 1 aromatic heterocycles. The van der Waals surface area contributed by atoms with Crippen LogP contribution in [0.4, 0.5) is 13.2 Å². The van der Waals surface area contributed by atoms with Crippen molar-refractivity contribution in [1.82, 2.24) is 4.98 Å². The third kappa shape index (κ3) is 3.18. The van der Waals surface area contributed by atoms with Gasteiger partial charge in [-0.1, -0.05) is 45.0 Å². The van der Waals surface area contributed by atoms with Crippen LogP contribution in [0, 0.1) is 0 Å². The Morgan fingerprint density at radius 1 is 0.800 bits per heavy atom. The average Bonchev–Trinajstić information content (AvgIpc) is 2.37. The van der Waals surface area contributed by atoms with Gasteiger partial charge in [-0.25, -0.2) is 0 Å². The lowest BCUT2D eigenvalue weighted by Crippen LogP contribution is -2.10. The number of rotatable bonds is 1. The minimum atomic E-state index is -4.37. The summed E-state index contributed by atoms with van der Waals surface area (Å²) in [7, 11) is 0. The second-order valence-corrected chi connectivity index (χ2v) is 5.79. The maximum atomic E-state index is 12.7. The molecule has 1 aromatic carbocycles. The van der Waals surface area contributed by atoms with Gasteiger partial charge in [-0.2, -0.15) is 13.2 Å². The number of benzene rings is 1. The zero-order chi connectivity index (χ0) is 15.0. The van der Waals surface area contributed by atoms with Crippen molar-refractivity contribution in [2.75, 3.05) is 0 Å². The van der Waals surface area contributed by atoms with E-state index in [0.29, 0.717) is 5.56 Å². The molecule has 4 heteroatoms. The van der Waals surface area contributed by atoms with E-state index in [1.807, 2.05) is 24.3 Å². The lowest BCUT2D eigenvalue weighted by molar-refractivity contribution is -0.137. The van der Waals surface area contributed by atoms with E-state index in [1.165, 1.54) is 6.20 Å². The van der Waals surface area contributed by atoms with E-state index in [1.54, 1.807) is 0 Å². The van der Waals surface area contributed by atoms with Crippen molar-refractivity contribution in [3.05, 3.63) is 53.9 Å². The fraction of sp³-hybridized carbons (Fsp3) is 0.312. The van der Waals surface area contributed by atoms with Crippen molar-refractivity contribution >= 4 is 0 Å². The quantitative estimate of drug-likeness (QED) is 0.710. The Labute approximate surface area is 116 Å². The van der Waals surface area contributed by atoms with Crippen molar-refractivity contribution in [2.45, 2.75) is 32.4 Å². The number of hydrogen-bond donors (Lipinski definition) is 0. The van der Waals surface area contributed by atoms with Gasteiger partial charge >= 0.3 is 6.18 Å². The Kier molecular flexibility index (Phi) is 3.59. The number of pyridine rings is 1. The van der Waals surface area contributed by atoms with Gasteiger partial charge in [-0.15, -0.1) is 0 Å². The molecular formula is C16H16F3N. The van der Waals surface area contributed by atoms with E-state index >= 15 is 0 Å². The molecule has 0 aliphatic heterocycles. The zero-order valence-electron chi connectivity index (χ0n) is 11.6. The largest absolute Gasteiger partial charge is 0.417 e. The number of aromatic nitrogens is 1. The normalized spacial score (nSPS) is 12.5. The molecule has 2 aromatic rings. The molecule has 106 valence electrons. The Morgan fingerprint density at radius 3 is 1.90 bits per heavy atom. The van der Waals surface area contributed by atoms with E-state index in [4.69, 9.17) is 0 Å². The summed E-state index contributed by atoms with van der Waals surface area (Å²) in [5.74, 6) is 0. The molecule has 0 amide bonds. The predicted molar refractivity (Wildman–Crippen MR) is 73.4 cm³/mol. The van der Waals surface area contributed by atoms with Crippen LogP contribution in [0.2, 0.25) is 0 Å². The van der Waals surface area contributed by atoms with Crippen LogP contribution in [0.25, 0.3) is 11.1 Å². The Hall–Kier alpha value is -1.84. The van der Waals surface area contributed by atoms with Gasteiger partial charge in [0.2, 0.25) is 0 Å².